The fourth-order valence-corrected chi connectivity index (χ4v) is 3.42. The molecule has 0 aliphatic carbocycles. The lowest BCUT2D eigenvalue weighted by molar-refractivity contribution is -0.122. The lowest BCUT2D eigenvalue weighted by atomic mass is 10.1. The molecule has 0 bridgehead atoms. The van der Waals surface area contributed by atoms with Gasteiger partial charge < -0.3 is 14.2 Å². The number of benzene rings is 1. The lowest BCUT2D eigenvalue weighted by Crippen LogP contribution is -2.41. The van der Waals surface area contributed by atoms with E-state index in [1.807, 2.05) is 0 Å². The van der Waals surface area contributed by atoms with Crippen LogP contribution >= 0.6 is 0 Å². The summed E-state index contributed by atoms with van der Waals surface area (Å²) in [7, 11) is 4.46. The number of unbranched alkanes of at least 4 members (excludes halogenated alkanes) is 10. The van der Waals surface area contributed by atoms with E-state index < -0.39 is 5.91 Å². The van der Waals surface area contributed by atoms with Gasteiger partial charge in [0, 0.05) is 12.0 Å². The first-order valence-corrected chi connectivity index (χ1v) is 11.5. The van der Waals surface area contributed by atoms with Crippen molar-refractivity contribution in [2.24, 2.45) is 0 Å². The molecule has 31 heavy (non-hydrogen) atoms. The largest absolute Gasteiger partial charge is 0.493 e. The highest BCUT2D eigenvalue weighted by Gasteiger charge is 2.17. The summed E-state index contributed by atoms with van der Waals surface area (Å²) in [6.45, 7) is 2.24. The Morgan fingerprint density at radius 1 is 0.710 bits per heavy atom. The predicted octanol–water partition coefficient (Wildman–Crippen LogP) is 5.17. The zero-order valence-corrected chi connectivity index (χ0v) is 19.7. The van der Waals surface area contributed by atoms with Crippen molar-refractivity contribution in [2.75, 3.05) is 21.3 Å². The fraction of sp³-hybridized carbons (Fsp3) is 0.667. The molecule has 2 N–H and O–H groups in total. The molecule has 0 aliphatic rings. The number of amides is 2. The number of hydrogen-bond donors (Lipinski definition) is 2. The number of carbonyl (C=O) groups is 2. The quantitative estimate of drug-likeness (QED) is 0.276. The summed E-state index contributed by atoms with van der Waals surface area (Å²) >= 11 is 0. The van der Waals surface area contributed by atoms with Gasteiger partial charge in [-0.25, -0.2) is 0 Å². The lowest BCUT2D eigenvalue weighted by Gasteiger charge is -2.14. The highest BCUT2D eigenvalue weighted by Crippen LogP contribution is 2.38. The monoisotopic (exact) mass is 436 g/mol. The number of hydrazine groups is 1. The summed E-state index contributed by atoms with van der Waals surface area (Å²) in [5.74, 6) is 0.504. The number of ether oxygens (including phenoxy) is 3. The van der Waals surface area contributed by atoms with E-state index in [-0.39, 0.29) is 5.91 Å². The molecule has 0 radical (unpaired) electrons. The van der Waals surface area contributed by atoms with Crippen LogP contribution < -0.4 is 25.1 Å². The second kappa shape index (κ2) is 16.3. The van der Waals surface area contributed by atoms with Crippen LogP contribution in [0.4, 0.5) is 0 Å². The summed E-state index contributed by atoms with van der Waals surface area (Å²) in [5, 5.41) is 0. The van der Waals surface area contributed by atoms with Gasteiger partial charge in [0.15, 0.2) is 11.5 Å². The maximum atomic E-state index is 12.4. The van der Waals surface area contributed by atoms with Gasteiger partial charge in [0.25, 0.3) is 5.91 Å². The topological polar surface area (TPSA) is 85.9 Å². The summed E-state index contributed by atoms with van der Waals surface area (Å²) in [4.78, 5) is 24.4. The van der Waals surface area contributed by atoms with E-state index in [1.165, 1.54) is 84.8 Å². The molecule has 0 atom stereocenters. The Balaban J connectivity index is 2.23. The fourth-order valence-electron chi connectivity index (χ4n) is 3.42. The molecule has 7 nitrogen and oxygen atoms in total. The van der Waals surface area contributed by atoms with Crippen LogP contribution in [-0.2, 0) is 4.79 Å². The second-order valence-electron chi connectivity index (χ2n) is 7.70. The van der Waals surface area contributed by atoms with E-state index in [0.717, 1.165) is 19.3 Å². The van der Waals surface area contributed by atoms with Crippen molar-refractivity contribution < 1.29 is 23.8 Å². The molecule has 1 rings (SSSR count). The van der Waals surface area contributed by atoms with Gasteiger partial charge in [0.2, 0.25) is 11.7 Å². The second-order valence-corrected chi connectivity index (χ2v) is 7.70. The molecule has 2 amide bonds. The Bertz CT molecular complexity index is 638. The number of methoxy groups -OCH3 is 3. The minimum atomic E-state index is -0.452. The third-order valence-electron chi connectivity index (χ3n) is 5.25. The van der Waals surface area contributed by atoms with E-state index in [1.54, 1.807) is 0 Å². The smallest absolute Gasteiger partial charge is 0.269 e. The Morgan fingerprint density at radius 2 is 1.19 bits per heavy atom. The Labute approximate surface area is 187 Å². The minimum absolute atomic E-state index is 0.197. The Kier molecular flexibility index (Phi) is 14.0. The predicted molar refractivity (Wildman–Crippen MR) is 123 cm³/mol. The number of carbonyl (C=O) groups excluding carboxylic acids is 2. The van der Waals surface area contributed by atoms with Crippen LogP contribution in [0, 0.1) is 0 Å². The summed E-state index contributed by atoms with van der Waals surface area (Å²) < 4.78 is 15.7. The zero-order valence-electron chi connectivity index (χ0n) is 19.7. The molecule has 0 spiro atoms. The molecule has 7 heteroatoms. The maximum absolute atomic E-state index is 12.4. The van der Waals surface area contributed by atoms with E-state index in [4.69, 9.17) is 14.2 Å². The van der Waals surface area contributed by atoms with Gasteiger partial charge in [-0.05, 0) is 18.6 Å². The van der Waals surface area contributed by atoms with Gasteiger partial charge >= 0.3 is 0 Å². The van der Waals surface area contributed by atoms with E-state index in [0.29, 0.717) is 29.2 Å². The third-order valence-corrected chi connectivity index (χ3v) is 5.25. The molecule has 0 aromatic heterocycles. The van der Waals surface area contributed by atoms with Crippen LogP contribution in [0.1, 0.15) is 94.3 Å². The van der Waals surface area contributed by atoms with Gasteiger partial charge in [-0.15, -0.1) is 0 Å². The molecule has 1 aromatic carbocycles. The van der Waals surface area contributed by atoms with Crippen molar-refractivity contribution in [3.05, 3.63) is 17.7 Å². The van der Waals surface area contributed by atoms with Gasteiger partial charge in [-0.1, -0.05) is 71.1 Å². The standard InChI is InChI=1S/C24H40N2O5/c1-5-6-7-8-9-10-11-12-13-14-15-16-22(27)25-26-24(28)19-17-20(29-2)23(31-4)21(18-19)30-3/h17-18H,5-16H2,1-4H3,(H,25,27)(H,26,28). The van der Waals surface area contributed by atoms with Gasteiger partial charge in [0.1, 0.15) is 0 Å². The number of nitrogens with one attached hydrogen (secondary N) is 2. The first kappa shape index (κ1) is 26.6. The Morgan fingerprint density at radius 3 is 1.65 bits per heavy atom. The molecule has 0 saturated carbocycles. The first-order valence-electron chi connectivity index (χ1n) is 11.5. The maximum Gasteiger partial charge on any atom is 0.269 e. The van der Waals surface area contributed by atoms with Crippen molar-refractivity contribution in [3.8, 4) is 17.2 Å². The summed E-state index contributed by atoms with van der Waals surface area (Å²) in [6.07, 6.45) is 13.9. The molecule has 0 heterocycles. The number of hydrogen-bond acceptors (Lipinski definition) is 5. The molecule has 0 unspecified atom stereocenters. The highest BCUT2D eigenvalue weighted by molar-refractivity contribution is 5.96. The normalized spacial score (nSPS) is 10.5. The first-order chi connectivity index (χ1) is 15.1. The van der Waals surface area contributed by atoms with Crippen LogP contribution in [-0.4, -0.2) is 33.1 Å². The summed E-state index contributed by atoms with van der Waals surface area (Å²) in [5.41, 5.74) is 5.20. The average molecular weight is 437 g/mol. The van der Waals surface area contributed by atoms with Crippen LogP contribution in [0.5, 0.6) is 17.2 Å². The number of rotatable bonds is 16. The van der Waals surface area contributed by atoms with Crippen molar-refractivity contribution in [1.29, 1.82) is 0 Å². The third kappa shape index (κ3) is 10.4. The van der Waals surface area contributed by atoms with Crippen LogP contribution in [0.3, 0.4) is 0 Å². The van der Waals surface area contributed by atoms with E-state index >= 15 is 0 Å². The molecule has 0 saturated heterocycles. The molecule has 0 aliphatic heterocycles. The van der Waals surface area contributed by atoms with Gasteiger partial charge in [-0.2, -0.15) is 0 Å². The van der Waals surface area contributed by atoms with Crippen LogP contribution in [0.15, 0.2) is 12.1 Å². The minimum Gasteiger partial charge on any atom is -0.493 e. The molecular formula is C24H40N2O5. The zero-order chi connectivity index (χ0) is 22.9. The van der Waals surface area contributed by atoms with Crippen molar-refractivity contribution in [2.45, 2.75) is 84.0 Å². The Hall–Kier alpha value is -2.44. The molecule has 1 aromatic rings. The van der Waals surface area contributed by atoms with Crippen molar-refractivity contribution >= 4 is 11.8 Å². The molecule has 176 valence electrons. The summed E-state index contributed by atoms with van der Waals surface area (Å²) in [6, 6.07) is 3.07. The van der Waals surface area contributed by atoms with E-state index in [2.05, 4.69) is 17.8 Å². The van der Waals surface area contributed by atoms with Crippen molar-refractivity contribution in [3.63, 3.8) is 0 Å². The molecule has 0 fully saturated rings. The van der Waals surface area contributed by atoms with Gasteiger partial charge in [-0.3, -0.25) is 20.4 Å². The van der Waals surface area contributed by atoms with Crippen LogP contribution in [0.2, 0.25) is 0 Å². The molecular weight excluding hydrogens is 396 g/mol. The average Bonchev–Trinajstić information content (AvgIpc) is 2.79. The van der Waals surface area contributed by atoms with Gasteiger partial charge in [0.05, 0.1) is 21.3 Å². The van der Waals surface area contributed by atoms with Crippen LogP contribution in [0.25, 0.3) is 0 Å². The van der Waals surface area contributed by atoms with Crippen molar-refractivity contribution in [1.82, 2.24) is 10.9 Å². The SMILES string of the molecule is CCCCCCCCCCCCCC(=O)NNC(=O)c1cc(OC)c(OC)c(OC)c1. The highest BCUT2D eigenvalue weighted by atomic mass is 16.5. The van der Waals surface area contributed by atoms with E-state index in [9.17, 15) is 9.59 Å².